The maximum absolute atomic E-state index is 12.3. The number of carbonyl (C=O) groups is 1. The van der Waals surface area contributed by atoms with E-state index in [1.807, 2.05) is 30.9 Å². The van der Waals surface area contributed by atoms with Gasteiger partial charge in [0, 0.05) is 21.3 Å². The molecule has 1 saturated carbocycles. The van der Waals surface area contributed by atoms with Gasteiger partial charge in [0.15, 0.2) is 15.0 Å². The Morgan fingerprint density at radius 2 is 1.88 bits per heavy atom. The second kappa shape index (κ2) is 6.09. The number of rotatable bonds is 2. The van der Waals surface area contributed by atoms with Gasteiger partial charge in [0.05, 0.1) is 17.5 Å². The molecule has 0 aromatic heterocycles. The number of aryl methyl sites for hydroxylation is 2. The molecule has 2 saturated heterocycles. The number of halogens is 1. The molecular formula is C17H19BrN2O3S2. The number of hydrogen-bond donors (Lipinski definition) is 0. The highest BCUT2D eigenvalue weighted by molar-refractivity contribution is 9.10. The zero-order chi connectivity index (χ0) is 17.9. The van der Waals surface area contributed by atoms with Gasteiger partial charge in [0.2, 0.25) is 0 Å². The van der Waals surface area contributed by atoms with Crippen LogP contribution in [0.1, 0.15) is 24.0 Å². The first-order valence-electron chi connectivity index (χ1n) is 8.31. The van der Waals surface area contributed by atoms with E-state index in [0.717, 1.165) is 34.1 Å². The molecule has 2 aliphatic heterocycles. The van der Waals surface area contributed by atoms with Crippen molar-refractivity contribution in [3.05, 3.63) is 27.7 Å². The van der Waals surface area contributed by atoms with Crippen molar-refractivity contribution in [1.29, 1.82) is 0 Å². The van der Waals surface area contributed by atoms with Crippen LogP contribution in [0.3, 0.4) is 0 Å². The largest absolute Gasteiger partial charge is 0.315 e. The molecule has 1 aromatic carbocycles. The first-order valence-corrected chi connectivity index (χ1v) is 11.8. The van der Waals surface area contributed by atoms with Crippen LogP contribution in [-0.4, -0.2) is 42.3 Å². The molecule has 25 heavy (non-hydrogen) atoms. The van der Waals surface area contributed by atoms with Crippen molar-refractivity contribution in [1.82, 2.24) is 0 Å². The average molecular weight is 443 g/mol. The van der Waals surface area contributed by atoms with Gasteiger partial charge < -0.3 is 4.90 Å². The van der Waals surface area contributed by atoms with Crippen molar-refractivity contribution in [3.8, 4) is 0 Å². The summed E-state index contributed by atoms with van der Waals surface area (Å²) in [7, 11) is -3.05. The van der Waals surface area contributed by atoms with Gasteiger partial charge in [-0.15, -0.1) is 0 Å². The molecule has 3 fully saturated rings. The Morgan fingerprint density at radius 3 is 2.48 bits per heavy atom. The lowest BCUT2D eigenvalue weighted by molar-refractivity contribution is -0.118. The maximum Gasteiger partial charge on any atom is 0.251 e. The number of carbonyl (C=O) groups excluding carboxylic acids is 1. The highest BCUT2D eigenvalue weighted by atomic mass is 79.9. The maximum atomic E-state index is 12.3. The van der Waals surface area contributed by atoms with Crippen molar-refractivity contribution in [3.63, 3.8) is 0 Å². The van der Waals surface area contributed by atoms with E-state index >= 15 is 0 Å². The number of sulfone groups is 1. The van der Waals surface area contributed by atoms with E-state index < -0.39 is 9.84 Å². The molecule has 4 rings (SSSR count). The van der Waals surface area contributed by atoms with Crippen molar-refractivity contribution >= 4 is 54.3 Å². The van der Waals surface area contributed by atoms with Gasteiger partial charge >= 0.3 is 0 Å². The first-order chi connectivity index (χ1) is 11.7. The van der Waals surface area contributed by atoms with Crippen molar-refractivity contribution in [2.24, 2.45) is 10.9 Å². The van der Waals surface area contributed by atoms with Gasteiger partial charge in [0.25, 0.3) is 5.91 Å². The molecule has 0 radical (unpaired) electrons. The van der Waals surface area contributed by atoms with Crippen LogP contribution in [0.15, 0.2) is 21.6 Å². The fourth-order valence-corrected chi connectivity index (χ4v) is 8.22. The van der Waals surface area contributed by atoms with E-state index in [0.29, 0.717) is 5.17 Å². The lowest BCUT2D eigenvalue weighted by Crippen LogP contribution is -2.38. The SMILES string of the molecule is Cc1cc(Br)cc(C)c1N1C(=NC(=O)C2CC2)S[C@@H]2CS(=O)(=O)C[C@H]21. The third-order valence-electron chi connectivity index (χ3n) is 4.90. The lowest BCUT2D eigenvalue weighted by atomic mass is 10.1. The Hall–Kier alpha value is -0.860. The van der Waals surface area contributed by atoms with Gasteiger partial charge in [-0.1, -0.05) is 27.7 Å². The Labute approximate surface area is 160 Å². The predicted molar refractivity (Wildman–Crippen MR) is 105 cm³/mol. The third-order valence-corrected chi connectivity index (χ3v) is 8.56. The number of amidine groups is 1. The Kier molecular flexibility index (Phi) is 4.28. The van der Waals surface area contributed by atoms with Crippen molar-refractivity contribution < 1.29 is 13.2 Å². The first kappa shape index (κ1) is 17.5. The lowest BCUT2D eigenvalue weighted by Gasteiger charge is -2.28. The zero-order valence-corrected chi connectivity index (χ0v) is 17.2. The van der Waals surface area contributed by atoms with Crippen molar-refractivity contribution in [2.45, 2.75) is 38.0 Å². The minimum atomic E-state index is -3.05. The van der Waals surface area contributed by atoms with E-state index in [-0.39, 0.29) is 34.6 Å². The molecule has 1 aliphatic carbocycles. The number of nitrogens with zero attached hydrogens (tertiary/aromatic N) is 2. The summed E-state index contributed by atoms with van der Waals surface area (Å²) in [4.78, 5) is 18.7. The van der Waals surface area contributed by atoms with E-state index in [1.165, 1.54) is 11.8 Å². The fourth-order valence-electron chi connectivity index (χ4n) is 3.62. The quantitative estimate of drug-likeness (QED) is 0.703. The summed E-state index contributed by atoms with van der Waals surface area (Å²) in [6.45, 7) is 4.02. The minimum Gasteiger partial charge on any atom is -0.315 e. The van der Waals surface area contributed by atoms with Gasteiger partial charge in [-0.3, -0.25) is 4.79 Å². The number of fused-ring (bicyclic) bond motifs is 1. The Balaban J connectivity index is 1.80. The molecule has 5 nitrogen and oxygen atoms in total. The average Bonchev–Trinajstić information content (AvgIpc) is 3.22. The summed E-state index contributed by atoms with van der Waals surface area (Å²) in [6, 6.07) is 3.88. The number of hydrogen-bond acceptors (Lipinski definition) is 4. The molecule has 8 heteroatoms. The van der Waals surface area contributed by atoms with Crippen LogP contribution in [0.4, 0.5) is 5.69 Å². The van der Waals surface area contributed by atoms with E-state index in [4.69, 9.17) is 0 Å². The monoisotopic (exact) mass is 442 g/mol. The number of thioether (sulfide) groups is 1. The van der Waals surface area contributed by atoms with Gasteiger partial charge in [0.1, 0.15) is 0 Å². The molecule has 134 valence electrons. The summed E-state index contributed by atoms with van der Waals surface area (Å²) in [5.41, 5.74) is 3.07. The fraction of sp³-hybridized carbons (Fsp3) is 0.529. The molecule has 0 bridgehead atoms. The van der Waals surface area contributed by atoms with E-state index in [1.54, 1.807) is 0 Å². The van der Waals surface area contributed by atoms with Gasteiger partial charge in [-0.25, -0.2) is 8.42 Å². The molecule has 2 atom stereocenters. The molecule has 3 aliphatic rings. The van der Waals surface area contributed by atoms with E-state index in [9.17, 15) is 13.2 Å². The normalized spacial score (nSPS) is 29.2. The smallest absolute Gasteiger partial charge is 0.251 e. The second-order valence-corrected chi connectivity index (χ2v) is 11.3. The topological polar surface area (TPSA) is 66.8 Å². The Morgan fingerprint density at radius 1 is 1.24 bits per heavy atom. The Bertz CT molecular complexity index is 870. The van der Waals surface area contributed by atoms with Crippen LogP contribution >= 0.6 is 27.7 Å². The van der Waals surface area contributed by atoms with Crippen LogP contribution in [0.5, 0.6) is 0 Å². The third kappa shape index (κ3) is 3.28. The number of anilines is 1. The molecule has 0 spiro atoms. The molecule has 0 unspecified atom stereocenters. The molecule has 1 aromatic rings. The zero-order valence-electron chi connectivity index (χ0n) is 14.0. The van der Waals surface area contributed by atoms with Crippen LogP contribution < -0.4 is 4.90 Å². The van der Waals surface area contributed by atoms with Crippen LogP contribution in [-0.2, 0) is 14.6 Å². The minimum absolute atomic E-state index is 0.0572. The van der Waals surface area contributed by atoms with Gasteiger partial charge in [-0.05, 0) is 49.9 Å². The van der Waals surface area contributed by atoms with Crippen LogP contribution in [0, 0.1) is 19.8 Å². The number of benzene rings is 1. The van der Waals surface area contributed by atoms with Crippen LogP contribution in [0.2, 0.25) is 0 Å². The summed E-state index contributed by atoms with van der Waals surface area (Å²) < 4.78 is 25.3. The van der Waals surface area contributed by atoms with Crippen LogP contribution in [0.25, 0.3) is 0 Å². The second-order valence-electron chi connectivity index (χ2n) is 7.07. The summed E-state index contributed by atoms with van der Waals surface area (Å²) in [5, 5.41) is 0.605. The van der Waals surface area contributed by atoms with E-state index in [2.05, 4.69) is 20.9 Å². The standard InChI is InChI=1S/C17H19BrN2O3S2/c1-9-5-12(18)6-10(2)15(9)20-13-7-25(22,23)8-14(13)24-17(20)19-16(21)11-3-4-11/h5-6,11,13-14H,3-4,7-8H2,1-2H3/t13-,14-/m1/s1. The number of amides is 1. The van der Waals surface area contributed by atoms with Gasteiger partial charge in [-0.2, -0.15) is 4.99 Å². The highest BCUT2D eigenvalue weighted by Crippen LogP contribution is 2.44. The molecule has 2 heterocycles. The summed E-state index contributed by atoms with van der Waals surface area (Å²) in [6.07, 6.45) is 1.83. The predicted octanol–water partition coefficient (Wildman–Crippen LogP) is 3.08. The highest BCUT2D eigenvalue weighted by Gasteiger charge is 2.50. The summed E-state index contributed by atoms with van der Waals surface area (Å²) in [5.74, 6) is 0.273. The molecular weight excluding hydrogens is 424 g/mol. The number of aliphatic imine (C=N–C) groups is 1. The molecule has 1 amide bonds. The summed E-state index contributed by atoms with van der Waals surface area (Å²) >= 11 is 4.95. The van der Waals surface area contributed by atoms with Crippen molar-refractivity contribution in [2.75, 3.05) is 16.4 Å². The molecule has 0 N–H and O–H groups in total.